The van der Waals surface area contributed by atoms with Crippen LogP contribution in [0.5, 0.6) is 0 Å². The van der Waals surface area contributed by atoms with Gasteiger partial charge in [-0.25, -0.2) is 9.50 Å². The van der Waals surface area contributed by atoms with Crippen LogP contribution in [0.1, 0.15) is 5.69 Å². The van der Waals surface area contributed by atoms with Gasteiger partial charge in [0.2, 0.25) is 0 Å². The Bertz CT molecular complexity index is 404. The van der Waals surface area contributed by atoms with Gasteiger partial charge in [0.25, 0.3) is 0 Å². The molecule has 2 aromatic rings. The molecule has 2 aromatic heterocycles. The van der Waals surface area contributed by atoms with Crippen LogP contribution in [-0.4, -0.2) is 21.6 Å². The first kappa shape index (κ1) is 7.09. The molecule has 4 heteroatoms. The molecular formula is C8H10N4. The van der Waals surface area contributed by atoms with Crippen LogP contribution in [0.2, 0.25) is 0 Å². The van der Waals surface area contributed by atoms with Gasteiger partial charge in [0.1, 0.15) is 6.33 Å². The summed E-state index contributed by atoms with van der Waals surface area (Å²) in [5.74, 6) is 0. The SMILES string of the molecule is CNc1ccc2ncnn2c1C. The molecule has 0 saturated carbocycles. The van der Waals surface area contributed by atoms with Crippen LogP contribution in [0.15, 0.2) is 18.5 Å². The number of nitrogens with zero attached hydrogens (tertiary/aromatic N) is 3. The zero-order chi connectivity index (χ0) is 8.55. The number of nitrogens with one attached hydrogen (secondary N) is 1. The predicted molar refractivity (Wildman–Crippen MR) is 47.3 cm³/mol. The minimum Gasteiger partial charge on any atom is -0.387 e. The third-order valence-corrected chi connectivity index (χ3v) is 1.95. The standard InChI is InChI=1S/C8H10N4/c1-6-7(9-2)3-4-8-10-5-11-12(6)8/h3-5,9H,1-2H3. The molecule has 0 amide bonds. The normalized spacial score (nSPS) is 10.5. The van der Waals surface area contributed by atoms with Crippen molar-refractivity contribution < 1.29 is 0 Å². The van der Waals surface area contributed by atoms with Crippen LogP contribution < -0.4 is 5.32 Å². The molecule has 0 aliphatic carbocycles. The molecule has 0 aliphatic rings. The Morgan fingerprint density at radius 3 is 3.00 bits per heavy atom. The fourth-order valence-corrected chi connectivity index (χ4v) is 1.28. The molecule has 2 heterocycles. The monoisotopic (exact) mass is 162 g/mol. The second-order valence-corrected chi connectivity index (χ2v) is 2.61. The van der Waals surface area contributed by atoms with Crippen LogP contribution in [0.3, 0.4) is 0 Å². The van der Waals surface area contributed by atoms with Crippen molar-refractivity contribution >= 4 is 11.3 Å². The van der Waals surface area contributed by atoms with Crippen molar-refractivity contribution in [3.05, 3.63) is 24.2 Å². The molecule has 0 bridgehead atoms. The first-order chi connectivity index (χ1) is 5.83. The summed E-state index contributed by atoms with van der Waals surface area (Å²) in [6.45, 7) is 2.01. The Morgan fingerprint density at radius 1 is 1.42 bits per heavy atom. The summed E-state index contributed by atoms with van der Waals surface area (Å²) < 4.78 is 1.81. The van der Waals surface area contributed by atoms with Crippen molar-refractivity contribution in [2.45, 2.75) is 6.92 Å². The van der Waals surface area contributed by atoms with Gasteiger partial charge in [0, 0.05) is 7.05 Å². The number of anilines is 1. The van der Waals surface area contributed by atoms with E-state index in [4.69, 9.17) is 0 Å². The fraction of sp³-hybridized carbons (Fsp3) is 0.250. The number of hydrogen-bond donors (Lipinski definition) is 1. The van der Waals surface area contributed by atoms with Gasteiger partial charge in [-0.05, 0) is 19.1 Å². The Labute approximate surface area is 70.2 Å². The van der Waals surface area contributed by atoms with Gasteiger partial charge in [-0.15, -0.1) is 0 Å². The lowest BCUT2D eigenvalue weighted by Gasteiger charge is -2.04. The van der Waals surface area contributed by atoms with Crippen molar-refractivity contribution in [3.63, 3.8) is 0 Å². The summed E-state index contributed by atoms with van der Waals surface area (Å²) in [4.78, 5) is 4.08. The van der Waals surface area contributed by atoms with E-state index < -0.39 is 0 Å². The highest BCUT2D eigenvalue weighted by molar-refractivity contribution is 5.53. The first-order valence-corrected chi connectivity index (χ1v) is 3.80. The van der Waals surface area contributed by atoms with Crippen LogP contribution in [-0.2, 0) is 0 Å². The van der Waals surface area contributed by atoms with E-state index in [0.29, 0.717) is 0 Å². The Morgan fingerprint density at radius 2 is 2.25 bits per heavy atom. The molecule has 62 valence electrons. The van der Waals surface area contributed by atoms with E-state index in [1.54, 1.807) is 6.33 Å². The van der Waals surface area contributed by atoms with Gasteiger partial charge >= 0.3 is 0 Å². The maximum atomic E-state index is 4.09. The molecule has 12 heavy (non-hydrogen) atoms. The third kappa shape index (κ3) is 0.845. The maximum Gasteiger partial charge on any atom is 0.155 e. The van der Waals surface area contributed by atoms with Crippen LogP contribution in [0.25, 0.3) is 5.65 Å². The highest BCUT2D eigenvalue weighted by Crippen LogP contribution is 2.13. The molecule has 0 fully saturated rings. The predicted octanol–water partition coefficient (Wildman–Crippen LogP) is 1.08. The van der Waals surface area contributed by atoms with Gasteiger partial charge in [0.05, 0.1) is 11.4 Å². The molecule has 0 unspecified atom stereocenters. The van der Waals surface area contributed by atoms with Crippen LogP contribution in [0, 0.1) is 6.92 Å². The number of fused-ring (bicyclic) bond motifs is 1. The Hall–Kier alpha value is -1.58. The van der Waals surface area contributed by atoms with E-state index in [2.05, 4.69) is 15.4 Å². The molecule has 0 aliphatic heterocycles. The van der Waals surface area contributed by atoms with Crippen LogP contribution >= 0.6 is 0 Å². The van der Waals surface area contributed by atoms with Crippen molar-refractivity contribution in [1.29, 1.82) is 0 Å². The van der Waals surface area contributed by atoms with Crippen molar-refractivity contribution in [1.82, 2.24) is 14.6 Å². The van der Waals surface area contributed by atoms with Crippen LogP contribution in [0.4, 0.5) is 5.69 Å². The van der Waals surface area contributed by atoms with Crippen molar-refractivity contribution in [2.24, 2.45) is 0 Å². The van der Waals surface area contributed by atoms with E-state index in [9.17, 15) is 0 Å². The van der Waals surface area contributed by atoms with Crippen molar-refractivity contribution in [3.8, 4) is 0 Å². The van der Waals surface area contributed by atoms with E-state index >= 15 is 0 Å². The summed E-state index contributed by atoms with van der Waals surface area (Å²) in [6.07, 6.45) is 1.56. The molecule has 4 nitrogen and oxygen atoms in total. The molecule has 0 spiro atoms. The lowest BCUT2D eigenvalue weighted by atomic mass is 10.3. The maximum absolute atomic E-state index is 4.09. The van der Waals surface area contributed by atoms with E-state index in [1.807, 2.05) is 30.6 Å². The lowest BCUT2D eigenvalue weighted by molar-refractivity contribution is 0.916. The number of hydrogen-bond acceptors (Lipinski definition) is 3. The second kappa shape index (κ2) is 2.48. The second-order valence-electron chi connectivity index (χ2n) is 2.61. The third-order valence-electron chi connectivity index (χ3n) is 1.95. The highest BCUT2D eigenvalue weighted by Gasteiger charge is 2.01. The van der Waals surface area contributed by atoms with Gasteiger partial charge in [-0.1, -0.05) is 0 Å². The number of pyridine rings is 1. The summed E-state index contributed by atoms with van der Waals surface area (Å²) in [5, 5.41) is 7.18. The van der Waals surface area contributed by atoms with E-state index in [-0.39, 0.29) is 0 Å². The quantitative estimate of drug-likeness (QED) is 0.682. The number of aromatic nitrogens is 3. The molecule has 0 radical (unpaired) electrons. The number of rotatable bonds is 1. The molecule has 0 atom stereocenters. The van der Waals surface area contributed by atoms with E-state index in [0.717, 1.165) is 17.0 Å². The lowest BCUT2D eigenvalue weighted by Crippen LogP contribution is -1.99. The molecule has 1 N–H and O–H groups in total. The van der Waals surface area contributed by atoms with Gasteiger partial charge in [-0.3, -0.25) is 0 Å². The highest BCUT2D eigenvalue weighted by atomic mass is 15.3. The molecule has 2 rings (SSSR count). The zero-order valence-electron chi connectivity index (χ0n) is 7.07. The smallest absolute Gasteiger partial charge is 0.155 e. The minimum absolute atomic E-state index is 0.881. The van der Waals surface area contributed by atoms with Crippen molar-refractivity contribution in [2.75, 3.05) is 12.4 Å². The van der Waals surface area contributed by atoms with Gasteiger partial charge in [0.15, 0.2) is 5.65 Å². The number of aryl methyl sites for hydroxylation is 1. The van der Waals surface area contributed by atoms with Gasteiger partial charge in [-0.2, -0.15) is 5.10 Å². The fourth-order valence-electron chi connectivity index (χ4n) is 1.28. The largest absolute Gasteiger partial charge is 0.387 e. The minimum atomic E-state index is 0.881. The van der Waals surface area contributed by atoms with E-state index in [1.165, 1.54) is 0 Å². The molecular weight excluding hydrogens is 152 g/mol. The Kier molecular flexibility index (Phi) is 1.46. The molecule has 0 saturated heterocycles. The summed E-state index contributed by atoms with van der Waals surface area (Å²) in [6, 6.07) is 3.94. The zero-order valence-corrected chi connectivity index (χ0v) is 7.07. The summed E-state index contributed by atoms with van der Waals surface area (Å²) in [7, 11) is 1.89. The van der Waals surface area contributed by atoms with Gasteiger partial charge < -0.3 is 5.32 Å². The average molecular weight is 162 g/mol. The Balaban J connectivity index is 2.78. The average Bonchev–Trinajstić information content (AvgIpc) is 2.53. The summed E-state index contributed by atoms with van der Waals surface area (Å²) in [5.41, 5.74) is 3.03. The topological polar surface area (TPSA) is 42.2 Å². The first-order valence-electron chi connectivity index (χ1n) is 3.80. The summed E-state index contributed by atoms with van der Waals surface area (Å²) >= 11 is 0. The molecule has 0 aromatic carbocycles.